The summed E-state index contributed by atoms with van der Waals surface area (Å²) in [6.45, 7) is 16.0. The van der Waals surface area contributed by atoms with Crippen molar-refractivity contribution in [2.45, 2.75) is 72.8 Å². The fraction of sp³-hybridized carbons (Fsp3) is 0.500. The van der Waals surface area contributed by atoms with Crippen LogP contribution in [0.2, 0.25) is 0 Å². The van der Waals surface area contributed by atoms with E-state index in [0.29, 0.717) is 5.91 Å². The largest absolute Gasteiger partial charge is 0.377 e. The first kappa shape index (κ1) is 29.4. The van der Waals surface area contributed by atoms with Gasteiger partial charge in [-0.3, -0.25) is 4.79 Å². The van der Waals surface area contributed by atoms with Crippen LogP contribution in [0.15, 0.2) is 54.6 Å². The Hall–Kier alpha value is -2.59. The van der Waals surface area contributed by atoms with Crippen LogP contribution >= 0.6 is 0 Å². The number of nitrogens with zero attached hydrogens (tertiary/aromatic N) is 2. The van der Waals surface area contributed by atoms with Gasteiger partial charge < -0.3 is 15.5 Å². The van der Waals surface area contributed by atoms with Crippen LogP contribution in [-0.2, 0) is 4.79 Å². The summed E-state index contributed by atoms with van der Waals surface area (Å²) >= 11 is 0. The van der Waals surface area contributed by atoms with Crippen LogP contribution in [0.5, 0.6) is 0 Å². The zero-order chi connectivity index (χ0) is 25.7. The SMILES string of the molecule is C=C(C)CN1CCCCC1=O.CCCC.Cc1ccc(C(N)c2ccccc2N(C)C)c(C)c1. The van der Waals surface area contributed by atoms with E-state index in [-0.39, 0.29) is 6.04 Å². The van der Waals surface area contributed by atoms with Gasteiger partial charge in [-0.25, -0.2) is 0 Å². The number of likely N-dealkylation sites (tertiary alicyclic amines) is 1. The zero-order valence-electron chi connectivity index (χ0n) is 22.7. The number of hydrogen-bond acceptors (Lipinski definition) is 3. The van der Waals surface area contributed by atoms with E-state index in [2.05, 4.69) is 69.5 Å². The molecule has 34 heavy (non-hydrogen) atoms. The molecule has 2 aromatic rings. The van der Waals surface area contributed by atoms with Gasteiger partial charge in [0.2, 0.25) is 5.91 Å². The minimum atomic E-state index is -0.0841. The van der Waals surface area contributed by atoms with E-state index in [1.54, 1.807) is 0 Å². The number of amides is 1. The number of hydrogen-bond donors (Lipinski definition) is 1. The van der Waals surface area contributed by atoms with E-state index in [1.165, 1.54) is 40.8 Å². The Morgan fingerprint density at radius 3 is 2.24 bits per heavy atom. The summed E-state index contributed by atoms with van der Waals surface area (Å²) in [5.74, 6) is 0.291. The predicted octanol–water partition coefficient (Wildman–Crippen LogP) is 6.80. The average Bonchev–Trinajstić information content (AvgIpc) is 2.80. The van der Waals surface area contributed by atoms with E-state index in [0.717, 1.165) is 37.9 Å². The van der Waals surface area contributed by atoms with Crippen molar-refractivity contribution in [1.29, 1.82) is 0 Å². The van der Waals surface area contributed by atoms with Crippen molar-refractivity contribution in [3.63, 3.8) is 0 Å². The first-order valence-corrected chi connectivity index (χ1v) is 12.6. The molecule has 0 bridgehead atoms. The lowest BCUT2D eigenvalue weighted by Gasteiger charge is -2.26. The molecule has 2 aromatic carbocycles. The van der Waals surface area contributed by atoms with Gasteiger partial charge in [0.1, 0.15) is 0 Å². The fourth-order valence-electron chi connectivity index (χ4n) is 3.85. The quantitative estimate of drug-likeness (QED) is 0.477. The van der Waals surface area contributed by atoms with Gasteiger partial charge in [0, 0.05) is 39.3 Å². The number of para-hydroxylation sites is 1. The Morgan fingerprint density at radius 1 is 1.06 bits per heavy atom. The third kappa shape index (κ3) is 9.72. The molecular formula is C30H47N3O. The predicted molar refractivity (Wildman–Crippen MR) is 149 cm³/mol. The molecule has 1 unspecified atom stereocenters. The number of carbonyl (C=O) groups excluding carboxylic acids is 1. The fourth-order valence-corrected chi connectivity index (χ4v) is 3.85. The minimum absolute atomic E-state index is 0.0841. The molecule has 0 radical (unpaired) electrons. The number of piperidine rings is 1. The van der Waals surface area contributed by atoms with Gasteiger partial charge in [0.05, 0.1) is 6.04 Å². The average molecular weight is 466 g/mol. The van der Waals surface area contributed by atoms with Crippen LogP contribution in [0.1, 0.15) is 81.2 Å². The third-order valence-electron chi connectivity index (χ3n) is 5.90. The molecule has 3 rings (SSSR count). The molecule has 4 nitrogen and oxygen atoms in total. The molecular weight excluding hydrogens is 418 g/mol. The molecule has 4 heteroatoms. The first-order chi connectivity index (χ1) is 16.1. The summed E-state index contributed by atoms with van der Waals surface area (Å²) in [6.07, 6.45) is 5.58. The lowest BCUT2D eigenvalue weighted by Crippen LogP contribution is -2.36. The number of nitrogens with two attached hydrogens (primary N) is 1. The number of anilines is 1. The van der Waals surface area contributed by atoms with Crippen molar-refractivity contribution in [1.82, 2.24) is 4.90 Å². The highest BCUT2D eigenvalue weighted by Crippen LogP contribution is 2.29. The number of benzene rings is 2. The van der Waals surface area contributed by atoms with Crippen LogP contribution in [0.4, 0.5) is 5.69 Å². The molecule has 1 aliphatic rings. The Bertz CT molecular complexity index is 902. The number of unbranched alkanes of at least 4 members (excludes halogenated alkanes) is 1. The van der Waals surface area contributed by atoms with E-state index < -0.39 is 0 Å². The monoisotopic (exact) mass is 465 g/mol. The van der Waals surface area contributed by atoms with Gasteiger partial charge >= 0.3 is 0 Å². The van der Waals surface area contributed by atoms with Gasteiger partial charge in [-0.2, -0.15) is 0 Å². The molecule has 1 saturated heterocycles. The lowest BCUT2D eigenvalue weighted by molar-refractivity contribution is -0.132. The molecule has 0 aliphatic carbocycles. The van der Waals surface area contributed by atoms with E-state index in [4.69, 9.17) is 5.73 Å². The lowest BCUT2D eigenvalue weighted by atomic mass is 9.93. The van der Waals surface area contributed by atoms with E-state index in [9.17, 15) is 4.79 Å². The molecule has 0 aromatic heterocycles. The van der Waals surface area contributed by atoms with Crippen molar-refractivity contribution in [2.75, 3.05) is 32.1 Å². The van der Waals surface area contributed by atoms with E-state index >= 15 is 0 Å². The second-order valence-electron chi connectivity index (χ2n) is 9.52. The highest BCUT2D eigenvalue weighted by molar-refractivity contribution is 5.77. The highest BCUT2D eigenvalue weighted by atomic mass is 16.2. The molecule has 1 aliphatic heterocycles. The maximum absolute atomic E-state index is 11.2. The molecule has 1 amide bonds. The Morgan fingerprint density at radius 2 is 1.71 bits per heavy atom. The standard InChI is InChI=1S/C17H22N2.C9H15NO.C4H10/c1-12-9-10-14(13(2)11-12)17(18)15-7-5-6-8-16(15)19(3)4;1-8(2)7-10-6-4-3-5-9(10)11;1-3-4-2/h5-11,17H,18H2,1-4H3;1,3-7H2,2H3;3-4H2,1-2H3. The van der Waals surface area contributed by atoms with Gasteiger partial charge in [-0.1, -0.05) is 80.8 Å². The molecule has 1 fully saturated rings. The van der Waals surface area contributed by atoms with Gasteiger partial charge in [0.15, 0.2) is 0 Å². The van der Waals surface area contributed by atoms with Crippen LogP contribution in [0, 0.1) is 13.8 Å². The second kappa shape index (κ2) is 15.3. The summed E-state index contributed by atoms with van der Waals surface area (Å²) in [5, 5.41) is 0. The van der Waals surface area contributed by atoms with Crippen molar-refractivity contribution in [2.24, 2.45) is 5.73 Å². The molecule has 2 N–H and O–H groups in total. The maximum Gasteiger partial charge on any atom is 0.222 e. The highest BCUT2D eigenvalue weighted by Gasteiger charge is 2.17. The van der Waals surface area contributed by atoms with Crippen molar-refractivity contribution in [3.8, 4) is 0 Å². The van der Waals surface area contributed by atoms with Crippen molar-refractivity contribution in [3.05, 3.63) is 76.9 Å². The molecule has 0 saturated carbocycles. The Labute approximate surface area is 208 Å². The van der Waals surface area contributed by atoms with E-state index in [1.807, 2.05) is 38.1 Å². The molecule has 188 valence electrons. The minimum Gasteiger partial charge on any atom is -0.377 e. The maximum atomic E-state index is 11.2. The smallest absolute Gasteiger partial charge is 0.222 e. The van der Waals surface area contributed by atoms with Crippen LogP contribution < -0.4 is 10.6 Å². The summed E-state index contributed by atoms with van der Waals surface area (Å²) in [6, 6.07) is 14.7. The van der Waals surface area contributed by atoms with Gasteiger partial charge in [-0.15, -0.1) is 0 Å². The topological polar surface area (TPSA) is 49.6 Å². The summed E-state index contributed by atoms with van der Waals surface area (Å²) in [4.78, 5) is 15.2. The summed E-state index contributed by atoms with van der Waals surface area (Å²) < 4.78 is 0. The second-order valence-corrected chi connectivity index (χ2v) is 9.52. The summed E-state index contributed by atoms with van der Waals surface area (Å²) in [7, 11) is 4.10. The molecule has 0 spiro atoms. The Balaban J connectivity index is 0.000000325. The van der Waals surface area contributed by atoms with Crippen LogP contribution in [0.3, 0.4) is 0 Å². The van der Waals surface area contributed by atoms with Crippen molar-refractivity contribution < 1.29 is 4.79 Å². The first-order valence-electron chi connectivity index (χ1n) is 12.6. The molecule has 1 atom stereocenters. The number of aryl methyl sites for hydroxylation is 2. The zero-order valence-corrected chi connectivity index (χ0v) is 22.7. The number of rotatable bonds is 6. The van der Waals surface area contributed by atoms with Crippen LogP contribution in [0.25, 0.3) is 0 Å². The van der Waals surface area contributed by atoms with Crippen molar-refractivity contribution >= 4 is 11.6 Å². The van der Waals surface area contributed by atoms with Gasteiger partial charge in [0.25, 0.3) is 0 Å². The number of carbonyl (C=O) groups is 1. The van der Waals surface area contributed by atoms with Crippen LogP contribution in [-0.4, -0.2) is 38.0 Å². The summed E-state index contributed by atoms with van der Waals surface area (Å²) in [5.41, 5.74) is 13.6. The van der Waals surface area contributed by atoms with Gasteiger partial charge in [-0.05, 0) is 56.4 Å². The Kier molecular flexibility index (Phi) is 13.3. The molecule has 1 heterocycles. The normalized spacial score (nSPS) is 13.8. The third-order valence-corrected chi connectivity index (χ3v) is 5.90.